The van der Waals surface area contributed by atoms with Gasteiger partial charge in [0.15, 0.2) is 6.10 Å². The number of carbonyl (C=O) groups is 2. The monoisotopic (exact) mass is 815 g/mol. The highest BCUT2D eigenvalue weighted by Crippen LogP contribution is 2.43. The van der Waals surface area contributed by atoms with Crippen LogP contribution < -0.4 is 0 Å². The normalized spacial score (nSPS) is 13.8. The predicted octanol–water partition coefficient (Wildman–Crippen LogP) is 13.1. The lowest BCUT2D eigenvalue weighted by Gasteiger charge is -2.24. The number of likely N-dealkylation sites (N-methyl/N-ethyl adjacent to an activating group) is 1. The van der Waals surface area contributed by atoms with Crippen molar-refractivity contribution < 1.29 is 42.1 Å². The van der Waals surface area contributed by atoms with E-state index < -0.39 is 26.5 Å². The molecule has 0 aromatic heterocycles. The first-order valence-corrected chi connectivity index (χ1v) is 24.6. The molecule has 0 bridgehead atoms. The smallest absolute Gasteiger partial charge is 0.462 e. The summed E-state index contributed by atoms with van der Waals surface area (Å²) in [4.78, 5) is 35.4. The highest BCUT2D eigenvalue weighted by molar-refractivity contribution is 7.47. The molecule has 0 fully saturated rings. The van der Waals surface area contributed by atoms with Crippen LogP contribution in [0.5, 0.6) is 0 Å². The molecule has 0 saturated heterocycles. The minimum Gasteiger partial charge on any atom is -0.462 e. The lowest BCUT2D eigenvalue weighted by molar-refractivity contribution is -0.870. The van der Waals surface area contributed by atoms with Gasteiger partial charge in [-0.15, -0.1) is 0 Å². The Morgan fingerprint density at radius 3 is 1.32 bits per heavy atom. The van der Waals surface area contributed by atoms with Gasteiger partial charge in [-0.1, -0.05) is 154 Å². The Hall–Kier alpha value is -1.51. The summed E-state index contributed by atoms with van der Waals surface area (Å²) < 4.78 is 34.3. The SMILES string of the molecule is CCCCCCC/C=C\CCCCCCCC(=O)OCC(COP(=O)(O)OCC[N+](C)(C)C)OC(=O)CCCCCCCCC/C=C\CCCCCCCCC. The molecule has 9 nitrogen and oxygen atoms in total. The maximum atomic E-state index is 12.7. The van der Waals surface area contributed by atoms with Crippen molar-refractivity contribution in [3.05, 3.63) is 24.3 Å². The number of nitrogens with zero attached hydrogens (tertiary/aromatic N) is 1. The number of hydrogen-bond acceptors (Lipinski definition) is 7. The number of hydrogen-bond donors (Lipinski definition) is 1. The molecule has 0 aliphatic rings. The summed E-state index contributed by atoms with van der Waals surface area (Å²) in [7, 11) is 1.47. The van der Waals surface area contributed by atoms with Gasteiger partial charge >= 0.3 is 19.8 Å². The molecule has 0 aliphatic carbocycles. The van der Waals surface area contributed by atoms with Crippen LogP contribution in [0.2, 0.25) is 0 Å². The van der Waals surface area contributed by atoms with Gasteiger partial charge in [0.2, 0.25) is 0 Å². The van der Waals surface area contributed by atoms with Crippen molar-refractivity contribution in [2.75, 3.05) is 47.5 Å². The van der Waals surface area contributed by atoms with Crippen LogP contribution >= 0.6 is 7.82 Å². The molecular formula is C46H89NO8P+. The summed E-state index contributed by atoms with van der Waals surface area (Å²) >= 11 is 0. The highest BCUT2D eigenvalue weighted by atomic mass is 31.2. The number of phosphoric acid groups is 1. The van der Waals surface area contributed by atoms with E-state index in [-0.39, 0.29) is 32.0 Å². The summed E-state index contributed by atoms with van der Waals surface area (Å²) in [6, 6.07) is 0. The first-order valence-electron chi connectivity index (χ1n) is 23.1. The number of ether oxygens (including phenoxy) is 2. The molecular weight excluding hydrogens is 725 g/mol. The lowest BCUT2D eigenvalue weighted by Crippen LogP contribution is -2.37. The van der Waals surface area contributed by atoms with E-state index in [2.05, 4.69) is 38.2 Å². The molecule has 0 aromatic carbocycles. The average Bonchev–Trinajstić information content (AvgIpc) is 3.15. The highest BCUT2D eigenvalue weighted by Gasteiger charge is 2.27. The Kier molecular flexibility index (Phi) is 37.9. The molecule has 1 N–H and O–H groups in total. The number of esters is 2. The van der Waals surface area contributed by atoms with E-state index in [4.69, 9.17) is 18.5 Å². The van der Waals surface area contributed by atoms with E-state index in [0.717, 1.165) is 64.2 Å². The third-order valence-corrected chi connectivity index (χ3v) is 10.9. The largest absolute Gasteiger partial charge is 0.472 e. The summed E-state index contributed by atoms with van der Waals surface area (Å²) in [6.07, 6.45) is 42.2. The number of quaternary nitrogens is 1. The van der Waals surface area contributed by atoms with Crippen LogP contribution in [0.25, 0.3) is 0 Å². The molecule has 0 heterocycles. The van der Waals surface area contributed by atoms with Crippen molar-refractivity contribution in [1.29, 1.82) is 0 Å². The molecule has 330 valence electrons. The van der Waals surface area contributed by atoms with Gasteiger partial charge in [0.1, 0.15) is 19.8 Å². The molecule has 2 atom stereocenters. The topological polar surface area (TPSA) is 108 Å². The van der Waals surface area contributed by atoms with Crippen LogP contribution in [0.4, 0.5) is 0 Å². The average molecular weight is 815 g/mol. The summed E-state index contributed by atoms with van der Waals surface area (Å²) in [5.41, 5.74) is 0. The zero-order chi connectivity index (χ0) is 41.4. The molecule has 0 amide bonds. The molecule has 0 radical (unpaired) electrons. The quantitative estimate of drug-likeness (QED) is 0.0213. The number of rotatable bonds is 42. The van der Waals surface area contributed by atoms with Gasteiger partial charge in [-0.2, -0.15) is 0 Å². The van der Waals surface area contributed by atoms with Crippen molar-refractivity contribution in [2.45, 2.75) is 213 Å². The maximum absolute atomic E-state index is 12.7. The van der Waals surface area contributed by atoms with Crippen molar-refractivity contribution in [1.82, 2.24) is 0 Å². The molecule has 56 heavy (non-hydrogen) atoms. The van der Waals surface area contributed by atoms with E-state index in [0.29, 0.717) is 17.4 Å². The van der Waals surface area contributed by atoms with Crippen LogP contribution in [-0.4, -0.2) is 74.9 Å². The first kappa shape index (κ1) is 54.5. The summed E-state index contributed by atoms with van der Waals surface area (Å²) in [5, 5.41) is 0. The Balaban J connectivity index is 4.33. The number of allylic oxidation sites excluding steroid dienone is 4. The zero-order valence-corrected chi connectivity index (χ0v) is 38.0. The van der Waals surface area contributed by atoms with Crippen LogP contribution in [0.3, 0.4) is 0 Å². The fourth-order valence-corrected chi connectivity index (χ4v) is 7.04. The maximum Gasteiger partial charge on any atom is 0.472 e. The van der Waals surface area contributed by atoms with Gasteiger partial charge in [0.05, 0.1) is 27.7 Å². The lowest BCUT2D eigenvalue weighted by atomic mass is 10.1. The van der Waals surface area contributed by atoms with Crippen molar-refractivity contribution in [2.24, 2.45) is 0 Å². The Morgan fingerprint density at radius 1 is 0.536 bits per heavy atom. The number of carbonyl (C=O) groups excluding carboxylic acids is 2. The molecule has 0 aromatic rings. The number of unbranched alkanes of at least 4 members (excludes halogenated alkanes) is 24. The van der Waals surface area contributed by atoms with Gasteiger partial charge in [-0.05, 0) is 64.2 Å². The molecule has 0 aliphatic heterocycles. The van der Waals surface area contributed by atoms with Crippen LogP contribution in [0.1, 0.15) is 206 Å². The summed E-state index contributed by atoms with van der Waals surface area (Å²) in [6.45, 7) is 4.41. The van der Waals surface area contributed by atoms with Crippen molar-refractivity contribution in [3.63, 3.8) is 0 Å². The predicted molar refractivity (Wildman–Crippen MR) is 234 cm³/mol. The van der Waals surface area contributed by atoms with Crippen LogP contribution in [-0.2, 0) is 32.7 Å². The van der Waals surface area contributed by atoms with Gasteiger partial charge in [0.25, 0.3) is 0 Å². The summed E-state index contributed by atoms with van der Waals surface area (Å²) in [5.74, 6) is -0.808. The van der Waals surface area contributed by atoms with Gasteiger partial charge < -0.3 is 18.9 Å². The fourth-order valence-electron chi connectivity index (χ4n) is 6.30. The van der Waals surface area contributed by atoms with Gasteiger partial charge in [0, 0.05) is 12.8 Å². The van der Waals surface area contributed by atoms with Crippen molar-refractivity contribution in [3.8, 4) is 0 Å². The van der Waals surface area contributed by atoms with E-state index in [9.17, 15) is 19.0 Å². The van der Waals surface area contributed by atoms with E-state index in [1.54, 1.807) is 0 Å². The third-order valence-electron chi connectivity index (χ3n) is 9.95. The second kappa shape index (κ2) is 39.0. The zero-order valence-electron chi connectivity index (χ0n) is 37.1. The van der Waals surface area contributed by atoms with E-state index in [1.807, 2.05) is 21.1 Å². The van der Waals surface area contributed by atoms with Crippen LogP contribution in [0.15, 0.2) is 24.3 Å². The van der Waals surface area contributed by atoms with E-state index >= 15 is 0 Å². The Labute approximate surface area is 345 Å². The van der Waals surface area contributed by atoms with Gasteiger partial charge in [-0.25, -0.2) is 4.57 Å². The Bertz CT molecular complexity index is 1010. The second-order valence-corrected chi connectivity index (χ2v) is 18.2. The number of phosphoric ester groups is 1. The molecule has 10 heteroatoms. The minimum atomic E-state index is -4.37. The standard InChI is InChI=1S/C46H88NO8P/c1-6-8-10-12-14-16-18-20-22-23-24-25-27-29-31-33-35-37-39-46(49)55-44(43-54-56(50,51)53-41-40-47(3,4)5)42-52-45(48)38-36-34-32-30-28-26-21-19-17-15-13-11-9-7-2/h19,21-23,44H,6-18,20,24-43H2,1-5H3/p+1/b21-19-,23-22-. The van der Waals surface area contributed by atoms with Crippen molar-refractivity contribution >= 4 is 19.8 Å². The second-order valence-electron chi connectivity index (χ2n) is 16.8. The molecule has 2 unspecified atom stereocenters. The minimum absolute atomic E-state index is 0.0308. The fraction of sp³-hybridized carbons (Fsp3) is 0.870. The molecule has 0 rings (SSSR count). The first-order chi connectivity index (χ1) is 27.0. The third kappa shape index (κ3) is 42.1. The van der Waals surface area contributed by atoms with Gasteiger partial charge in [-0.3, -0.25) is 18.6 Å². The molecule has 0 saturated carbocycles. The van der Waals surface area contributed by atoms with E-state index in [1.165, 1.54) is 109 Å². The molecule has 0 spiro atoms. The van der Waals surface area contributed by atoms with Crippen LogP contribution in [0, 0.1) is 0 Å². The Morgan fingerprint density at radius 2 is 0.911 bits per heavy atom.